The van der Waals surface area contributed by atoms with Gasteiger partial charge in [-0.15, -0.1) is 0 Å². The molecule has 2 aromatic rings. The molecule has 0 aliphatic heterocycles. The van der Waals surface area contributed by atoms with Gasteiger partial charge in [0.05, 0.1) is 10.7 Å². The van der Waals surface area contributed by atoms with Crippen molar-refractivity contribution in [1.29, 1.82) is 0 Å². The maximum absolute atomic E-state index is 12.2. The molecule has 0 saturated heterocycles. The van der Waals surface area contributed by atoms with E-state index in [1.807, 2.05) is 0 Å². The topological polar surface area (TPSA) is 46.2 Å². The fourth-order valence-electron chi connectivity index (χ4n) is 1.73. The number of hydrogen-bond acceptors (Lipinski definition) is 2. The first-order valence-corrected chi connectivity index (χ1v) is 7.31. The minimum Gasteiger partial charge on any atom is -0.321 e. The lowest BCUT2D eigenvalue weighted by atomic mass is 10.1. The summed E-state index contributed by atoms with van der Waals surface area (Å²) < 4.78 is 0.880. The van der Waals surface area contributed by atoms with Crippen LogP contribution in [0.1, 0.15) is 27.6 Å². The van der Waals surface area contributed by atoms with Crippen molar-refractivity contribution < 1.29 is 9.59 Å². The molecule has 0 bridgehead atoms. The van der Waals surface area contributed by atoms with E-state index in [0.717, 1.165) is 3.57 Å². The lowest BCUT2D eigenvalue weighted by Gasteiger charge is -2.09. The zero-order valence-corrected chi connectivity index (χ0v) is 13.5. The number of anilines is 1. The predicted molar refractivity (Wildman–Crippen MR) is 88.6 cm³/mol. The van der Waals surface area contributed by atoms with Crippen LogP contribution in [0.2, 0.25) is 5.02 Å². The summed E-state index contributed by atoms with van der Waals surface area (Å²) in [7, 11) is 0. The Morgan fingerprint density at radius 3 is 2.50 bits per heavy atom. The molecule has 2 rings (SSSR count). The number of carbonyl (C=O) groups excluding carboxylic acids is 2. The Bertz CT molecular complexity index is 685. The molecule has 5 heteroatoms. The zero-order valence-electron chi connectivity index (χ0n) is 10.6. The first-order valence-electron chi connectivity index (χ1n) is 5.85. The molecule has 0 fully saturated rings. The largest absolute Gasteiger partial charge is 0.321 e. The van der Waals surface area contributed by atoms with Crippen LogP contribution in [-0.4, -0.2) is 11.7 Å². The monoisotopic (exact) mass is 399 g/mol. The van der Waals surface area contributed by atoms with Gasteiger partial charge >= 0.3 is 0 Å². The van der Waals surface area contributed by atoms with Crippen molar-refractivity contribution in [2.24, 2.45) is 0 Å². The number of carbonyl (C=O) groups is 2. The van der Waals surface area contributed by atoms with E-state index in [4.69, 9.17) is 11.6 Å². The number of halogens is 2. The number of benzene rings is 2. The Kier molecular flexibility index (Phi) is 4.77. The van der Waals surface area contributed by atoms with Crippen molar-refractivity contribution in [3.63, 3.8) is 0 Å². The minimum atomic E-state index is -0.294. The van der Waals surface area contributed by atoms with Crippen molar-refractivity contribution in [3.8, 4) is 0 Å². The molecular weight excluding hydrogens is 389 g/mol. The molecule has 0 aliphatic rings. The summed E-state index contributed by atoms with van der Waals surface area (Å²) >= 11 is 8.09. The van der Waals surface area contributed by atoms with Crippen LogP contribution in [0.3, 0.4) is 0 Å². The van der Waals surface area contributed by atoms with Crippen LogP contribution in [0.5, 0.6) is 0 Å². The Morgan fingerprint density at radius 2 is 1.85 bits per heavy atom. The fourth-order valence-corrected chi connectivity index (χ4v) is 2.25. The highest BCUT2D eigenvalue weighted by Gasteiger charge is 2.12. The first-order chi connectivity index (χ1) is 9.49. The van der Waals surface area contributed by atoms with Gasteiger partial charge in [0.2, 0.25) is 0 Å². The van der Waals surface area contributed by atoms with Gasteiger partial charge in [-0.2, -0.15) is 0 Å². The summed E-state index contributed by atoms with van der Waals surface area (Å²) in [5.41, 5.74) is 1.44. The highest BCUT2D eigenvalue weighted by atomic mass is 127. The molecule has 3 nitrogen and oxygen atoms in total. The molecule has 0 radical (unpaired) electrons. The molecule has 0 aliphatic carbocycles. The maximum Gasteiger partial charge on any atom is 0.255 e. The van der Waals surface area contributed by atoms with Gasteiger partial charge in [-0.25, -0.2) is 0 Å². The van der Waals surface area contributed by atoms with Gasteiger partial charge < -0.3 is 5.32 Å². The van der Waals surface area contributed by atoms with Crippen molar-refractivity contribution in [1.82, 2.24) is 0 Å². The second-order valence-electron chi connectivity index (χ2n) is 4.18. The van der Waals surface area contributed by atoms with E-state index in [0.29, 0.717) is 21.8 Å². The fraction of sp³-hybridized carbons (Fsp3) is 0.0667. The Balaban J connectivity index is 2.28. The molecule has 0 heterocycles. The molecule has 0 aromatic heterocycles. The molecule has 0 spiro atoms. The average molecular weight is 400 g/mol. The summed E-state index contributed by atoms with van der Waals surface area (Å²) in [5.74, 6) is -0.390. The van der Waals surface area contributed by atoms with Crippen LogP contribution in [-0.2, 0) is 0 Å². The molecule has 20 heavy (non-hydrogen) atoms. The number of ketones is 1. The van der Waals surface area contributed by atoms with Crippen LogP contribution in [0.4, 0.5) is 5.69 Å². The summed E-state index contributed by atoms with van der Waals surface area (Å²) in [6.07, 6.45) is 0. The van der Waals surface area contributed by atoms with Crippen molar-refractivity contribution in [2.45, 2.75) is 6.92 Å². The van der Waals surface area contributed by atoms with Crippen LogP contribution >= 0.6 is 34.2 Å². The van der Waals surface area contributed by atoms with Crippen LogP contribution in [0.25, 0.3) is 0 Å². The molecule has 1 N–H and O–H groups in total. The minimum absolute atomic E-state index is 0.0958. The second-order valence-corrected chi connectivity index (χ2v) is 5.75. The highest BCUT2D eigenvalue weighted by Crippen LogP contribution is 2.21. The van der Waals surface area contributed by atoms with Crippen LogP contribution in [0.15, 0.2) is 42.5 Å². The Labute approximate surface area is 135 Å². The standard InChI is InChI=1S/C15H11ClINO2/c1-9(19)11-4-2-3-5-14(11)18-15(20)10-6-7-13(17)12(16)8-10/h2-8H,1H3,(H,18,20). The zero-order chi connectivity index (χ0) is 14.7. The third kappa shape index (κ3) is 3.37. The van der Waals surface area contributed by atoms with E-state index in [-0.39, 0.29) is 11.7 Å². The van der Waals surface area contributed by atoms with Crippen LogP contribution < -0.4 is 5.32 Å². The van der Waals surface area contributed by atoms with Gasteiger partial charge in [0.1, 0.15) is 0 Å². The number of rotatable bonds is 3. The SMILES string of the molecule is CC(=O)c1ccccc1NC(=O)c1ccc(I)c(Cl)c1. The van der Waals surface area contributed by atoms with E-state index in [2.05, 4.69) is 27.9 Å². The molecular formula is C15H11ClINO2. The highest BCUT2D eigenvalue weighted by molar-refractivity contribution is 14.1. The Hall–Kier alpha value is -1.40. The van der Waals surface area contributed by atoms with Crippen LogP contribution in [0, 0.1) is 3.57 Å². The molecule has 1 amide bonds. The molecule has 102 valence electrons. The van der Waals surface area contributed by atoms with Crippen molar-refractivity contribution in [2.75, 3.05) is 5.32 Å². The molecule has 0 saturated carbocycles. The van der Waals surface area contributed by atoms with Crippen molar-refractivity contribution >= 4 is 51.6 Å². The number of amides is 1. The second kappa shape index (κ2) is 6.37. The van der Waals surface area contributed by atoms with E-state index in [1.54, 1.807) is 42.5 Å². The van der Waals surface area contributed by atoms with Gasteiger partial charge in [-0.05, 0) is 59.8 Å². The molecule has 0 atom stereocenters. The lowest BCUT2D eigenvalue weighted by molar-refractivity contribution is 0.101. The van der Waals surface area contributed by atoms with E-state index >= 15 is 0 Å². The summed E-state index contributed by atoms with van der Waals surface area (Å²) in [4.78, 5) is 23.7. The smallest absolute Gasteiger partial charge is 0.255 e. The summed E-state index contributed by atoms with van der Waals surface area (Å²) in [6, 6.07) is 12.0. The third-order valence-electron chi connectivity index (χ3n) is 2.74. The normalized spacial score (nSPS) is 10.2. The summed E-state index contributed by atoms with van der Waals surface area (Å²) in [5, 5.41) is 3.26. The average Bonchev–Trinajstić information content (AvgIpc) is 2.42. The number of Topliss-reactive ketones (excluding diaryl/α,β-unsaturated/α-hetero) is 1. The van der Waals surface area contributed by atoms with E-state index in [1.165, 1.54) is 6.92 Å². The maximum atomic E-state index is 12.2. The van der Waals surface area contributed by atoms with Crippen molar-refractivity contribution in [3.05, 3.63) is 62.2 Å². The van der Waals surface area contributed by atoms with E-state index in [9.17, 15) is 9.59 Å². The van der Waals surface area contributed by atoms with Gasteiger partial charge in [0.15, 0.2) is 5.78 Å². The predicted octanol–water partition coefficient (Wildman–Crippen LogP) is 4.40. The quantitative estimate of drug-likeness (QED) is 0.614. The van der Waals surface area contributed by atoms with Gasteiger partial charge in [0.25, 0.3) is 5.91 Å². The molecule has 2 aromatic carbocycles. The lowest BCUT2D eigenvalue weighted by Crippen LogP contribution is -2.14. The molecule has 0 unspecified atom stereocenters. The van der Waals surface area contributed by atoms with E-state index < -0.39 is 0 Å². The first kappa shape index (κ1) is 15.0. The number of hydrogen-bond donors (Lipinski definition) is 1. The number of para-hydroxylation sites is 1. The van der Waals surface area contributed by atoms with Gasteiger partial charge in [-0.1, -0.05) is 23.7 Å². The summed E-state index contributed by atoms with van der Waals surface area (Å²) in [6.45, 7) is 1.47. The number of nitrogens with one attached hydrogen (secondary N) is 1. The Morgan fingerprint density at radius 1 is 1.15 bits per heavy atom. The van der Waals surface area contributed by atoms with Gasteiger partial charge in [-0.3, -0.25) is 9.59 Å². The third-order valence-corrected chi connectivity index (χ3v) is 4.31. The van der Waals surface area contributed by atoms with Gasteiger partial charge in [0, 0.05) is 14.7 Å².